The molecule has 0 aliphatic heterocycles. The van der Waals surface area contributed by atoms with Crippen molar-refractivity contribution in [2.45, 2.75) is 13.8 Å². The molecule has 2 aromatic rings. The molecular formula is C16H16FN3O. The molecule has 108 valence electrons. The Labute approximate surface area is 122 Å². The molecule has 1 aromatic heterocycles. The van der Waals surface area contributed by atoms with Gasteiger partial charge in [0.1, 0.15) is 11.6 Å². The lowest BCUT2D eigenvalue weighted by atomic mass is 10.3. The van der Waals surface area contributed by atoms with Gasteiger partial charge in [0.05, 0.1) is 11.9 Å². The summed E-state index contributed by atoms with van der Waals surface area (Å²) in [4.78, 5) is 15.8. The summed E-state index contributed by atoms with van der Waals surface area (Å²) in [6, 6.07) is 9.48. The fourth-order valence-corrected chi connectivity index (χ4v) is 1.66. The first kappa shape index (κ1) is 14.7. The van der Waals surface area contributed by atoms with Crippen molar-refractivity contribution in [2.75, 3.05) is 10.6 Å². The first-order valence-corrected chi connectivity index (χ1v) is 6.47. The van der Waals surface area contributed by atoms with Crippen LogP contribution >= 0.6 is 0 Å². The fraction of sp³-hybridized carbons (Fsp3) is 0.125. The molecule has 1 amide bonds. The van der Waals surface area contributed by atoms with Crippen molar-refractivity contribution in [1.29, 1.82) is 0 Å². The van der Waals surface area contributed by atoms with Crippen molar-refractivity contribution in [1.82, 2.24) is 4.98 Å². The van der Waals surface area contributed by atoms with Gasteiger partial charge in [-0.05, 0) is 50.2 Å². The Balaban J connectivity index is 2.00. The quantitative estimate of drug-likeness (QED) is 0.838. The number of anilines is 3. The molecule has 0 aliphatic carbocycles. The maximum atomic E-state index is 12.8. The maximum absolute atomic E-state index is 12.8. The monoisotopic (exact) mass is 285 g/mol. The van der Waals surface area contributed by atoms with Gasteiger partial charge in [-0.15, -0.1) is 0 Å². The van der Waals surface area contributed by atoms with Gasteiger partial charge < -0.3 is 10.6 Å². The molecule has 5 heteroatoms. The van der Waals surface area contributed by atoms with E-state index in [4.69, 9.17) is 0 Å². The van der Waals surface area contributed by atoms with Gasteiger partial charge in [0.2, 0.25) is 5.91 Å². The minimum Gasteiger partial charge on any atom is -0.340 e. The maximum Gasteiger partial charge on any atom is 0.248 e. The average molecular weight is 285 g/mol. The van der Waals surface area contributed by atoms with Crippen molar-refractivity contribution in [3.05, 3.63) is 60.1 Å². The second-order valence-electron chi connectivity index (χ2n) is 4.77. The molecule has 21 heavy (non-hydrogen) atoms. The third-order valence-corrected chi connectivity index (χ3v) is 2.57. The van der Waals surface area contributed by atoms with Gasteiger partial charge in [-0.1, -0.05) is 5.57 Å². The van der Waals surface area contributed by atoms with Crippen LogP contribution in [0.1, 0.15) is 13.8 Å². The van der Waals surface area contributed by atoms with Crippen molar-refractivity contribution in [3.63, 3.8) is 0 Å². The number of hydrogen-bond donors (Lipinski definition) is 2. The number of carbonyl (C=O) groups is 1. The standard InChI is InChI=1S/C16H16FN3O/c1-11(2)9-16(21)20-14-7-8-15(18-10-14)19-13-5-3-12(17)4-6-13/h3-10H,1-2H3,(H,18,19)(H,20,21). The van der Waals surface area contributed by atoms with E-state index in [0.29, 0.717) is 11.5 Å². The molecule has 0 radical (unpaired) electrons. The Morgan fingerprint density at radius 2 is 1.76 bits per heavy atom. The normalized spacial score (nSPS) is 9.86. The molecule has 1 aromatic carbocycles. The molecule has 1 heterocycles. The van der Waals surface area contributed by atoms with E-state index in [1.165, 1.54) is 18.2 Å². The highest BCUT2D eigenvalue weighted by molar-refractivity contribution is 5.99. The molecular weight excluding hydrogens is 269 g/mol. The summed E-state index contributed by atoms with van der Waals surface area (Å²) in [5.74, 6) is 0.142. The van der Waals surface area contributed by atoms with E-state index < -0.39 is 0 Å². The molecule has 0 spiro atoms. The average Bonchev–Trinajstić information content (AvgIpc) is 2.42. The topological polar surface area (TPSA) is 54.0 Å². The number of aromatic nitrogens is 1. The number of rotatable bonds is 4. The third-order valence-electron chi connectivity index (χ3n) is 2.57. The number of benzene rings is 1. The summed E-state index contributed by atoms with van der Waals surface area (Å²) < 4.78 is 12.8. The highest BCUT2D eigenvalue weighted by Crippen LogP contribution is 2.16. The Hall–Kier alpha value is -2.69. The van der Waals surface area contributed by atoms with Crippen LogP contribution in [-0.4, -0.2) is 10.9 Å². The minimum atomic E-state index is -0.286. The predicted octanol–water partition coefficient (Wildman–Crippen LogP) is 3.87. The Morgan fingerprint density at radius 3 is 2.33 bits per heavy atom. The van der Waals surface area contributed by atoms with E-state index in [0.717, 1.165) is 11.3 Å². The molecule has 0 unspecified atom stereocenters. The second-order valence-corrected chi connectivity index (χ2v) is 4.77. The zero-order valence-corrected chi connectivity index (χ0v) is 11.9. The van der Waals surface area contributed by atoms with Crippen LogP contribution in [-0.2, 0) is 4.79 Å². The smallest absolute Gasteiger partial charge is 0.248 e. The third kappa shape index (κ3) is 4.72. The number of allylic oxidation sites excluding steroid dienone is 1. The number of pyridine rings is 1. The van der Waals surface area contributed by atoms with Gasteiger partial charge in [0, 0.05) is 11.8 Å². The van der Waals surface area contributed by atoms with Crippen LogP contribution in [0.3, 0.4) is 0 Å². The summed E-state index contributed by atoms with van der Waals surface area (Å²) in [7, 11) is 0. The van der Waals surface area contributed by atoms with E-state index in [1.54, 1.807) is 30.5 Å². The molecule has 0 atom stereocenters. The number of hydrogen-bond acceptors (Lipinski definition) is 3. The summed E-state index contributed by atoms with van der Waals surface area (Å²) in [6.07, 6.45) is 3.08. The number of nitrogens with one attached hydrogen (secondary N) is 2. The predicted molar refractivity (Wildman–Crippen MR) is 82.0 cm³/mol. The van der Waals surface area contributed by atoms with Crippen LogP contribution in [0, 0.1) is 5.82 Å². The molecule has 2 N–H and O–H groups in total. The minimum absolute atomic E-state index is 0.184. The first-order valence-electron chi connectivity index (χ1n) is 6.47. The summed E-state index contributed by atoms with van der Waals surface area (Å²) in [5, 5.41) is 5.76. The van der Waals surface area contributed by atoms with E-state index >= 15 is 0 Å². The molecule has 0 saturated carbocycles. The highest BCUT2D eigenvalue weighted by Gasteiger charge is 2.00. The van der Waals surface area contributed by atoms with E-state index in [-0.39, 0.29) is 11.7 Å². The summed E-state index contributed by atoms with van der Waals surface area (Å²) in [6.45, 7) is 3.71. The van der Waals surface area contributed by atoms with Gasteiger partial charge >= 0.3 is 0 Å². The molecule has 0 bridgehead atoms. The highest BCUT2D eigenvalue weighted by atomic mass is 19.1. The SMILES string of the molecule is CC(C)=CC(=O)Nc1ccc(Nc2ccc(F)cc2)nc1. The Kier molecular flexibility index (Phi) is 4.66. The van der Waals surface area contributed by atoms with Crippen LogP contribution in [0.25, 0.3) is 0 Å². The van der Waals surface area contributed by atoms with Crippen molar-refractivity contribution < 1.29 is 9.18 Å². The largest absolute Gasteiger partial charge is 0.340 e. The molecule has 0 aliphatic rings. The second kappa shape index (κ2) is 6.65. The van der Waals surface area contributed by atoms with Crippen LogP contribution in [0.4, 0.5) is 21.6 Å². The Bertz CT molecular complexity index is 644. The molecule has 2 rings (SSSR count). The zero-order valence-electron chi connectivity index (χ0n) is 11.9. The number of amides is 1. The zero-order chi connectivity index (χ0) is 15.2. The van der Waals surface area contributed by atoms with Gasteiger partial charge in [0.25, 0.3) is 0 Å². The van der Waals surface area contributed by atoms with Crippen molar-refractivity contribution in [3.8, 4) is 0 Å². The lowest BCUT2D eigenvalue weighted by Crippen LogP contribution is -2.08. The van der Waals surface area contributed by atoms with E-state index in [2.05, 4.69) is 15.6 Å². The number of carbonyl (C=O) groups excluding carboxylic acids is 1. The molecule has 0 fully saturated rings. The lowest BCUT2D eigenvalue weighted by Gasteiger charge is -2.07. The van der Waals surface area contributed by atoms with Gasteiger partial charge in [0.15, 0.2) is 0 Å². The fourth-order valence-electron chi connectivity index (χ4n) is 1.66. The summed E-state index contributed by atoms with van der Waals surface area (Å²) in [5.41, 5.74) is 2.28. The van der Waals surface area contributed by atoms with Crippen LogP contribution < -0.4 is 10.6 Å². The molecule has 4 nitrogen and oxygen atoms in total. The molecule has 0 saturated heterocycles. The lowest BCUT2D eigenvalue weighted by molar-refractivity contribution is -0.111. The number of nitrogens with zero attached hydrogens (tertiary/aromatic N) is 1. The number of halogens is 1. The van der Waals surface area contributed by atoms with Gasteiger partial charge in [-0.25, -0.2) is 9.37 Å². The van der Waals surface area contributed by atoms with E-state index in [1.807, 2.05) is 13.8 Å². The first-order chi connectivity index (χ1) is 10.0. The van der Waals surface area contributed by atoms with Crippen LogP contribution in [0.5, 0.6) is 0 Å². The van der Waals surface area contributed by atoms with E-state index in [9.17, 15) is 9.18 Å². The van der Waals surface area contributed by atoms with Crippen molar-refractivity contribution in [2.24, 2.45) is 0 Å². The Morgan fingerprint density at radius 1 is 1.10 bits per heavy atom. The summed E-state index contributed by atoms with van der Waals surface area (Å²) >= 11 is 0. The van der Waals surface area contributed by atoms with Crippen LogP contribution in [0.2, 0.25) is 0 Å². The van der Waals surface area contributed by atoms with Crippen molar-refractivity contribution >= 4 is 23.1 Å². The van der Waals surface area contributed by atoms with Gasteiger partial charge in [-0.2, -0.15) is 0 Å². The van der Waals surface area contributed by atoms with Gasteiger partial charge in [-0.3, -0.25) is 4.79 Å². The van der Waals surface area contributed by atoms with Crippen LogP contribution in [0.15, 0.2) is 54.2 Å².